The lowest BCUT2D eigenvalue weighted by Gasteiger charge is -2.20. The minimum absolute atomic E-state index is 0.128. The van der Waals surface area contributed by atoms with Crippen molar-refractivity contribution >= 4 is 34.8 Å². The lowest BCUT2D eigenvalue weighted by atomic mass is 10.2. The third kappa shape index (κ3) is 3.38. The van der Waals surface area contributed by atoms with E-state index in [1.165, 1.54) is 0 Å². The fraction of sp³-hybridized carbons (Fsp3) is 0.385. The van der Waals surface area contributed by atoms with Crippen LogP contribution in [0.3, 0.4) is 0 Å². The Kier molecular flexibility index (Phi) is 4.65. The van der Waals surface area contributed by atoms with E-state index in [0.717, 1.165) is 19.4 Å². The van der Waals surface area contributed by atoms with E-state index in [2.05, 4.69) is 11.4 Å². The van der Waals surface area contributed by atoms with Gasteiger partial charge < -0.3 is 5.32 Å². The number of carbonyl (C=O) groups excluding carboxylic acids is 1. The number of hydrogen-bond acceptors (Lipinski definition) is 3. The second kappa shape index (κ2) is 6.25. The number of halogens is 2. The van der Waals surface area contributed by atoms with Crippen molar-refractivity contribution in [1.29, 1.82) is 5.26 Å². The van der Waals surface area contributed by atoms with Crippen LogP contribution in [0.25, 0.3) is 0 Å². The highest BCUT2D eigenvalue weighted by molar-refractivity contribution is 6.36. The Bertz CT molecular complexity index is 527. The fourth-order valence-corrected chi connectivity index (χ4v) is 2.67. The molecule has 0 aromatic heterocycles. The predicted molar refractivity (Wildman–Crippen MR) is 75.3 cm³/mol. The summed E-state index contributed by atoms with van der Waals surface area (Å²) in [5.41, 5.74) is 0.542. The van der Waals surface area contributed by atoms with Gasteiger partial charge in [0.2, 0.25) is 5.91 Å². The summed E-state index contributed by atoms with van der Waals surface area (Å²) in [5.74, 6) is -0.128. The molecule has 1 unspecified atom stereocenters. The van der Waals surface area contributed by atoms with Crippen LogP contribution in [0.15, 0.2) is 18.2 Å². The molecular formula is C13H13Cl2N3O. The van der Waals surface area contributed by atoms with Crippen molar-refractivity contribution in [2.75, 3.05) is 18.4 Å². The minimum Gasteiger partial charge on any atom is -0.323 e. The fourth-order valence-electron chi connectivity index (χ4n) is 2.21. The van der Waals surface area contributed by atoms with E-state index < -0.39 is 0 Å². The Hall–Kier alpha value is -1.28. The summed E-state index contributed by atoms with van der Waals surface area (Å²) < 4.78 is 0. The number of nitrogens with one attached hydrogen (secondary N) is 1. The molecule has 6 heteroatoms. The number of carbonyl (C=O) groups is 1. The van der Waals surface area contributed by atoms with Crippen molar-refractivity contribution in [2.45, 2.75) is 18.9 Å². The Morgan fingerprint density at radius 2 is 2.32 bits per heavy atom. The van der Waals surface area contributed by atoms with Crippen molar-refractivity contribution < 1.29 is 4.79 Å². The number of amides is 1. The first-order valence-electron chi connectivity index (χ1n) is 5.98. The summed E-state index contributed by atoms with van der Waals surface area (Å²) in [6.45, 7) is 1.05. The third-order valence-corrected chi connectivity index (χ3v) is 3.68. The zero-order valence-corrected chi connectivity index (χ0v) is 11.7. The molecule has 2 rings (SSSR count). The van der Waals surface area contributed by atoms with Gasteiger partial charge in [0.15, 0.2) is 0 Å². The van der Waals surface area contributed by atoms with Crippen LogP contribution in [0.5, 0.6) is 0 Å². The molecule has 0 saturated carbocycles. The van der Waals surface area contributed by atoms with E-state index in [1.807, 2.05) is 4.90 Å². The first-order chi connectivity index (χ1) is 9.11. The summed E-state index contributed by atoms with van der Waals surface area (Å²) in [4.78, 5) is 14.1. The van der Waals surface area contributed by atoms with Crippen molar-refractivity contribution in [3.8, 4) is 6.07 Å². The van der Waals surface area contributed by atoms with E-state index in [1.54, 1.807) is 18.2 Å². The maximum atomic E-state index is 12.2. The molecule has 0 spiro atoms. The van der Waals surface area contributed by atoms with Crippen LogP contribution in [0.2, 0.25) is 10.0 Å². The van der Waals surface area contributed by atoms with Crippen LogP contribution >= 0.6 is 23.2 Å². The van der Waals surface area contributed by atoms with Crippen molar-refractivity contribution in [1.82, 2.24) is 4.90 Å². The lowest BCUT2D eigenvalue weighted by molar-refractivity contribution is -0.120. The highest BCUT2D eigenvalue weighted by Gasteiger charge is 2.30. The van der Waals surface area contributed by atoms with E-state index in [0.29, 0.717) is 15.7 Å². The number of likely N-dealkylation sites (tertiary alicyclic amines) is 1. The van der Waals surface area contributed by atoms with Gasteiger partial charge in [0.1, 0.15) is 0 Å². The molecule has 1 aliphatic rings. The van der Waals surface area contributed by atoms with E-state index in [4.69, 9.17) is 28.5 Å². The molecular weight excluding hydrogens is 285 g/mol. The van der Waals surface area contributed by atoms with Crippen LogP contribution in [-0.4, -0.2) is 29.9 Å². The van der Waals surface area contributed by atoms with Crippen LogP contribution in [0, 0.1) is 11.3 Å². The minimum atomic E-state index is -0.258. The number of rotatable bonds is 3. The van der Waals surface area contributed by atoms with Crippen molar-refractivity contribution in [3.63, 3.8) is 0 Å². The van der Waals surface area contributed by atoms with E-state index >= 15 is 0 Å². The van der Waals surface area contributed by atoms with E-state index in [-0.39, 0.29) is 18.5 Å². The molecule has 1 saturated heterocycles. The quantitative estimate of drug-likeness (QED) is 0.873. The van der Waals surface area contributed by atoms with Gasteiger partial charge in [-0.25, -0.2) is 0 Å². The van der Waals surface area contributed by atoms with Gasteiger partial charge in [-0.15, -0.1) is 0 Å². The molecule has 1 aromatic carbocycles. The largest absolute Gasteiger partial charge is 0.323 e. The van der Waals surface area contributed by atoms with Gasteiger partial charge in [0.25, 0.3) is 0 Å². The maximum Gasteiger partial charge on any atom is 0.241 e. The Morgan fingerprint density at radius 3 is 3.00 bits per heavy atom. The van der Waals surface area contributed by atoms with Crippen molar-refractivity contribution in [3.05, 3.63) is 28.2 Å². The summed E-state index contributed by atoms with van der Waals surface area (Å²) in [5, 5.41) is 12.4. The molecule has 19 heavy (non-hydrogen) atoms. The van der Waals surface area contributed by atoms with Crippen molar-refractivity contribution in [2.24, 2.45) is 0 Å². The highest BCUT2D eigenvalue weighted by atomic mass is 35.5. The van der Waals surface area contributed by atoms with Gasteiger partial charge in [0.05, 0.1) is 29.4 Å². The summed E-state index contributed by atoms with van der Waals surface area (Å²) >= 11 is 11.8. The van der Waals surface area contributed by atoms with E-state index in [9.17, 15) is 4.79 Å². The van der Waals surface area contributed by atoms with Gasteiger partial charge in [-0.1, -0.05) is 23.2 Å². The smallest absolute Gasteiger partial charge is 0.241 e. The molecule has 1 fully saturated rings. The second-order valence-corrected chi connectivity index (χ2v) is 5.24. The zero-order valence-electron chi connectivity index (χ0n) is 10.2. The molecule has 100 valence electrons. The van der Waals surface area contributed by atoms with Crippen LogP contribution < -0.4 is 5.32 Å². The van der Waals surface area contributed by atoms with Gasteiger partial charge in [-0.2, -0.15) is 5.26 Å². The van der Waals surface area contributed by atoms with Gasteiger partial charge in [-0.05, 0) is 31.0 Å². The molecule has 1 aliphatic heterocycles. The molecule has 0 radical (unpaired) electrons. The lowest BCUT2D eigenvalue weighted by Crippen LogP contribution is -2.39. The highest BCUT2D eigenvalue weighted by Crippen LogP contribution is 2.26. The normalized spacial score (nSPS) is 19.1. The first kappa shape index (κ1) is 14.1. The third-order valence-electron chi connectivity index (χ3n) is 3.13. The monoisotopic (exact) mass is 297 g/mol. The number of nitrogens with zero attached hydrogens (tertiary/aromatic N) is 2. The molecule has 1 heterocycles. The summed E-state index contributed by atoms with van der Waals surface area (Å²) in [7, 11) is 0. The molecule has 0 bridgehead atoms. The predicted octanol–water partition coefficient (Wildman–Crippen LogP) is 2.92. The molecule has 1 atom stereocenters. The average Bonchev–Trinajstić information content (AvgIpc) is 2.81. The van der Waals surface area contributed by atoms with Gasteiger partial charge in [0, 0.05) is 11.6 Å². The van der Waals surface area contributed by atoms with Gasteiger partial charge >= 0.3 is 0 Å². The summed E-state index contributed by atoms with van der Waals surface area (Å²) in [6, 6.07) is 6.75. The Labute approximate surface area is 121 Å². The van der Waals surface area contributed by atoms with Gasteiger partial charge in [-0.3, -0.25) is 9.69 Å². The van der Waals surface area contributed by atoms with Crippen LogP contribution in [0.4, 0.5) is 5.69 Å². The maximum absolute atomic E-state index is 12.2. The second-order valence-electron chi connectivity index (χ2n) is 4.40. The molecule has 1 N–H and O–H groups in total. The molecule has 4 nitrogen and oxygen atoms in total. The number of benzene rings is 1. The summed E-state index contributed by atoms with van der Waals surface area (Å²) in [6.07, 6.45) is 1.69. The standard InChI is InChI=1S/C13H13Cl2N3O/c14-9-3-4-11(10(15)8-9)17-13(19)12-2-1-6-18(12)7-5-16/h3-4,8,12H,1-2,6-7H2,(H,17,19). The first-order valence-corrected chi connectivity index (χ1v) is 6.74. The van der Waals surface area contributed by atoms with Crippen LogP contribution in [-0.2, 0) is 4.79 Å². The zero-order chi connectivity index (χ0) is 13.8. The molecule has 1 amide bonds. The molecule has 1 aromatic rings. The number of nitriles is 1. The Balaban J connectivity index is 2.06. The molecule has 0 aliphatic carbocycles. The SMILES string of the molecule is N#CCN1CCCC1C(=O)Nc1ccc(Cl)cc1Cl. The Morgan fingerprint density at radius 1 is 1.53 bits per heavy atom. The van der Waals surface area contributed by atoms with Crippen LogP contribution in [0.1, 0.15) is 12.8 Å². The number of anilines is 1. The topological polar surface area (TPSA) is 56.1 Å². The average molecular weight is 298 g/mol. The number of hydrogen-bond donors (Lipinski definition) is 1.